The largest absolute Gasteiger partial charge is 0.487 e. The molecule has 0 aliphatic carbocycles. The highest BCUT2D eigenvalue weighted by Crippen LogP contribution is 2.20. The minimum Gasteiger partial charge on any atom is -0.487 e. The average molecular weight is 337 g/mol. The summed E-state index contributed by atoms with van der Waals surface area (Å²) in [7, 11) is 1.56. The van der Waals surface area contributed by atoms with E-state index in [1.54, 1.807) is 18.9 Å². The molecule has 0 unspecified atom stereocenters. The first-order valence-electron chi connectivity index (χ1n) is 7.96. The van der Waals surface area contributed by atoms with Gasteiger partial charge in [-0.15, -0.1) is 0 Å². The van der Waals surface area contributed by atoms with Gasteiger partial charge in [-0.1, -0.05) is 6.92 Å². The second kappa shape index (κ2) is 7.96. The van der Waals surface area contributed by atoms with Crippen LogP contribution in [0.2, 0.25) is 0 Å². The topological polar surface area (TPSA) is 89.9 Å². The van der Waals surface area contributed by atoms with Crippen LogP contribution in [0.25, 0.3) is 0 Å². The number of Topliss-reactive ketones (excluding diaryl/α,β-unsaturated/α-hetero) is 1. The van der Waals surface area contributed by atoms with Crippen LogP contribution in [0.1, 0.15) is 37.2 Å². The fraction of sp³-hybridized carbons (Fsp3) is 0.562. The van der Waals surface area contributed by atoms with Crippen molar-refractivity contribution in [2.45, 2.75) is 32.9 Å². The average Bonchev–Trinajstić information content (AvgIpc) is 2.56. The molecule has 0 bridgehead atoms. The number of hydrogen-bond acceptors (Lipinski definition) is 6. The van der Waals surface area contributed by atoms with E-state index in [2.05, 4.69) is 5.43 Å². The van der Waals surface area contributed by atoms with Gasteiger partial charge in [-0.2, -0.15) is 0 Å². The third kappa shape index (κ3) is 3.76. The van der Waals surface area contributed by atoms with Crippen molar-refractivity contribution in [1.82, 2.24) is 9.58 Å². The smallest absolute Gasteiger partial charge is 0.278 e. The predicted octanol–water partition coefficient (Wildman–Crippen LogP) is 0.588. The van der Waals surface area contributed by atoms with Crippen molar-refractivity contribution in [2.75, 3.05) is 32.3 Å². The van der Waals surface area contributed by atoms with Gasteiger partial charge in [0.25, 0.3) is 5.91 Å². The van der Waals surface area contributed by atoms with Crippen LogP contribution in [0.3, 0.4) is 0 Å². The van der Waals surface area contributed by atoms with Crippen LogP contribution in [-0.4, -0.2) is 54.3 Å². The normalized spacial score (nSPS) is 16.5. The molecule has 0 spiro atoms. The first kappa shape index (κ1) is 18.0. The van der Waals surface area contributed by atoms with Gasteiger partial charge in [-0.05, 0) is 6.92 Å². The predicted molar refractivity (Wildman–Crippen MR) is 87.8 cm³/mol. The highest BCUT2D eigenvalue weighted by molar-refractivity contribution is 5.96. The molecule has 1 aliphatic rings. The van der Waals surface area contributed by atoms with Crippen molar-refractivity contribution >= 4 is 11.7 Å². The van der Waals surface area contributed by atoms with E-state index in [1.165, 1.54) is 16.9 Å². The van der Waals surface area contributed by atoms with E-state index in [-0.39, 0.29) is 47.8 Å². The number of rotatable bonds is 8. The molecule has 1 atom stereocenters. The SMILES string of the molecule is CCC(=O)CCOc1c2n(ccc1=O)N[C@H](C)N(CCOC)C2=O. The van der Waals surface area contributed by atoms with Crippen LogP contribution < -0.4 is 15.6 Å². The van der Waals surface area contributed by atoms with Crippen molar-refractivity contribution < 1.29 is 19.1 Å². The fourth-order valence-electron chi connectivity index (χ4n) is 2.48. The number of hydrogen-bond donors (Lipinski definition) is 1. The number of methoxy groups -OCH3 is 1. The lowest BCUT2D eigenvalue weighted by Gasteiger charge is -2.37. The van der Waals surface area contributed by atoms with Crippen LogP contribution in [0.5, 0.6) is 5.75 Å². The van der Waals surface area contributed by atoms with Gasteiger partial charge < -0.3 is 19.8 Å². The molecule has 0 saturated heterocycles. The highest BCUT2D eigenvalue weighted by atomic mass is 16.5. The van der Waals surface area contributed by atoms with Gasteiger partial charge in [0, 0.05) is 38.8 Å². The zero-order chi connectivity index (χ0) is 17.7. The minimum atomic E-state index is -0.387. The van der Waals surface area contributed by atoms with Crippen molar-refractivity contribution in [3.63, 3.8) is 0 Å². The second-order valence-corrected chi connectivity index (χ2v) is 5.51. The van der Waals surface area contributed by atoms with E-state index >= 15 is 0 Å². The molecule has 8 nitrogen and oxygen atoms in total. The fourth-order valence-corrected chi connectivity index (χ4v) is 2.48. The lowest BCUT2D eigenvalue weighted by Crippen LogP contribution is -2.53. The maximum atomic E-state index is 12.8. The zero-order valence-corrected chi connectivity index (χ0v) is 14.2. The summed E-state index contributed by atoms with van der Waals surface area (Å²) in [6.45, 7) is 4.45. The summed E-state index contributed by atoms with van der Waals surface area (Å²) in [5.41, 5.74) is 2.86. The molecule has 0 saturated carbocycles. The molecule has 1 aliphatic heterocycles. The molecule has 1 amide bonds. The standard InChI is InChI=1S/C16H23N3O5/c1-4-12(20)6-9-24-15-13(21)5-7-19-14(15)16(22)18(8-10-23-3)11(2)17-19/h5,7,11,17H,4,6,8-10H2,1-3H3/t11-/m0/s1. The van der Waals surface area contributed by atoms with Crippen molar-refractivity contribution in [1.29, 1.82) is 0 Å². The quantitative estimate of drug-likeness (QED) is 0.747. The first-order valence-corrected chi connectivity index (χ1v) is 7.96. The second-order valence-electron chi connectivity index (χ2n) is 5.51. The van der Waals surface area contributed by atoms with E-state index in [4.69, 9.17) is 9.47 Å². The van der Waals surface area contributed by atoms with E-state index in [0.717, 1.165) is 0 Å². The van der Waals surface area contributed by atoms with Gasteiger partial charge >= 0.3 is 0 Å². The summed E-state index contributed by atoms with van der Waals surface area (Å²) in [5.74, 6) is -0.305. The van der Waals surface area contributed by atoms with Crippen molar-refractivity contribution in [3.05, 3.63) is 28.2 Å². The summed E-state index contributed by atoms with van der Waals surface area (Å²) in [6.07, 6.45) is 1.87. The van der Waals surface area contributed by atoms with Crippen molar-refractivity contribution in [2.24, 2.45) is 0 Å². The monoisotopic (exact) mass is 337 g/mol. The molecule has 0 fully saturated rings. The first-order chi connectivity index (χ1) is 11.5. The lowest BCUT2D eigenvalue weighted by atomic mass is 10.2. The van der Waals surface area contributed by atoms with Gasteiger partial charge in [0.2, 0.25) is 5.43 Å². The maximum absolute atomic E-state index is 12.8. The highest BCUT2D eigenvalue weighted by Gasteiger charge is 2.32. The third-order valence-corrected chi connectivity index (χ3v) is 3.87. The number of carbonyl (C=O) groups excluding carboxylic acids is 2. The third-order valence-electron chi connectivity index (χ3n) is 3.87. The van der Waals surface area contributed by atoms with Crippen LogP contribution in [0.15, 0.2) is 17.1 Å². The van der Waals surface area contributed by atoms with E-state index in [0.29, 0.717) is 19.6 Å². The maximum Gasteiger partial charge on any atom is 0.278 e. The summed E-state index contributed by atoms with van der Waals surface area (Å²) < 4.78 is 12.0. The number of carbonyl (C=O) groups is 2. The number of amides is 1. The number of ether oxygens (including phenoxy) is 2. The Morgan fingerprint density at radius 3 is 2.75 bits per heavy atom. The molecule has 1 aromatic rings. The summed E-state index contributed by atoms with van der Waals surface area (Å²) in [4.78, 5) is 37.9. The van der Waals surface area contributed by atoms with Crippen LogP contribution in [0, 0.1) is 0 Å². The van der Waals surface area contributed by atoms with E-state index in [9.17, 15) is 14.4 Å². The lowest BCUT2D eigenvalue weighted by molar-refractivity contribution is -0.119. The van der Waals surface area contributed by atoms with Gasteiger partial charge in [0.05, 0.1) is 13.2 Å². The van der Waals surface area contributed by atoms with Gasteiger partial charge in [-0.3, -0.25) is 19.1 Å². The molecule has 132 valence electrons. The minimum absolute atomic E-state index is 0.0341. The van der Waals surface area contributed by atoms with Gasteiger partial charge in [0.15, 0.2) is 11.4 Å². The molecule has 2 heterocycles. The number of aromatic nitrogens is 1. The van der Waals surface area contributed by atoms with Crippen molar-refractivity contribution in [3.8, 4) is 5.75 Å². The number of pyridine rings is 1. The van der Waals surface area contributed by atoms with Crippen LogP contribution >= 0.6 is 0 Å². The Morgan fingerprint density at radius 2 is 2.08 bits per heavy atom. The molecule has 2 rings (SSSR count). The molecular formula is C16H23N3O5. The van der Waals surface area contributed by atoms with E-state index < -0.39 is 0 Å². The molecule has 0 aromatic carbocycles. The molecule has 24 heavy (non-hydrogen) atoms. The summed E-state index contributed by atoms with van der Waals surface area (Å²) >= 11 is 0. The molecule has 8 heteroatoms. The zero-order valence-electron chi connectivity index (χ0n) is 14.2. The summed E-state index contributed by atoms with van der Waals surface area (Å²) in [5, 5.41) is 0. The number of nitrogens with one attached hydrogen (secondary N) is 1. The van der Waals surface area contributed by atoms with E-state index in [1.807, 2.05) is 6.92 Å². The Kier molecular flexibility index (Phi) is 5.97. The summed E-state index contributed by atoms with van der Waals surface area (Å²) in [6, 6.07) is 1.33. The molecule has 1 N–H and O–H groups in total. The van der Waals surface area contributed by atoms with Crippen LogP contribution in [0.4, 0.5) is 0 Å². The molecular weight excluding hydrogens is 314 g/mol. The Morgan fingerprint density at radius 1 is 1.33 bits per heavy atom. The molecule has 0 radical (unpaired) electrons. The Bertz CT molecular complexity index is 670. The number of nitrogens with zero attached hydrogens (tertiary/aromatic N) is 2. The Hall–Kier alpha value is -2.35. The number of ketones is 1. The van der Waals surface area contributed by atoms with Crippen LogP contribution in [-0.2, 0) is 9.53 Å². The number of fused-ring (bicyclic) bond motifs is 1. The Labute approximate surface area is 140 Å². The van der Waals surface area contributed by atoms with Gasteiger partial charge in [-0.25, -0.2) is 0 Å². The van der Waals surface area contributed by atoms with Gasteiger partial charge in [0.1, 0.15) is 11.9 Å². The molecule has 1 aromatic heterocycles. The Balaban J connectivity index is 2.28.